The number of unbranched alkanes of at least 4 members (excludes halogenated alkanes) is 1. The lowest BCUT2D eigenvalue weighted by Crippen LogP contribution is -2.41. The molecular weight excluding hydrogens is 362 g/mol. The van der Waals surface area contributed by atoms with Crippen LogP contribution in [0, 0.1) is 5.92 Å². The fourth-order valence-corrected chi connectivity index (χ4v) is 3.47. The van der Waals surface area contributed by atoms with Crippen molar-refractivity contribution in [1.29, 1.82) is 0 Å². The van der Waals surface area contributed by atoms with Gasteiger partial charge in [-0.2, -0.15) is 8.42 Å². The Morgan fingerprint density at radius 1 is 1.15 bits per heavy atom. The second kappa shape index (κ2) is 11.3. The molecule has 5 nitrogen and oxygen atoms in total. The zero-order chi connectivity index (χ0) is 20.4. The number of carbonyl (C=O) groups excluding carboxylic acids is 1. The van der Waals surface area contributed by atoms with Gasteiger partial charge in [0.15, 0.2) is 0 Å². The van der Waals surface area contributed by atoms with Crippen LogP contribution in [0.3, 0.4) is 0 Å². The number of nitrogens with zero attached hydrogens (tertiary/aromatic N) is 1. The van der Waals surface area contributed by atoms with Crippen LogP contribution in [-0.2, 0) is 21.5 Å². The van der Waals surface area contributed by atoms with Gasteiger partial charge in [0.1, 0.15) is 5.75 Å². The fourth-order valence-electron chi connectivity index (χ4n) is 2.96. The van der Waals surface area contributed by atoms with Gasteiger partial charge in [0.25, 0.3) is 0 Å². The molecule has 0 heterocycles. The van der Waals surface area contributed by atoms with Gasteiger partial charge < -0.3 is 9.08 Å². The predicted molar refractivity (Wildman–Crippen MR) is 110 cm³/mol. The Kier molecular flexibility index (Phi) is 9.84. The maximum absolute atomic E-state index is 13.1. The Morgan fingerprint density at radius 2 is 1.85 bits per heavy atom. The highest BCUT2D eigenvalue weighted by molar-refractivity contribution is 7.87. The van der Waals surface area contributed by atoms with E-state index in [9.17, 15) is 13.2 Å². The molecule has 0 radical (unpaired) electrons. The van der Waals surface area contributed by atoms with E-state index in [1.807, 2.05) is 11.0 Å². The summed E-state index contributed by atoms with van der Waals surface area (Å²) < 4.78 is 28.5. The number of rotatable bonds is 12. The number of carbonyl (C=O) groups is 1. The second-order valence-electron chi connectivity index (χ2n) is 7.05. The molecule has 1 amide bonds. The topological polar surface area (TPSA) is 63.7 Å². The third-order valence-corrected chi connectivity index (χ3v) is 6.14. The summed E-state index contributed by atoms with van der Waals surface area (Å²) in [6, 6.07) is 7.13. The molecule has 0 bridgehead atoms. The normalized spacial score (nSPS) is 13.8. The summed E-state index contributed by atoms with van der Waals surface area (Å²) in [6.07, 6.45) is 4.76. The molecule has 1 aromatic carbocycles. The second-order valence-corrected chi connectivity index (χ2v) is 8.91. The molecule has 27 heavy (non-hydrogen) atoms. The van der Waals surface area contributed by atoms with Gasteiger partial charge >= 0.3 is 10.1 Å². The van der Waals surface area contributed by atoms with Gasteiger partial charge in [-0.05, 0) is 50.8 Å². The van der Waals surface area contributed by atoms with Gasteiger partial charge in [-0.25, -0.2) is 0 Å². The molecule has 0 aliphatic carbocycles. The summed E-state index contributed by atoms with van der Waals surface area (Å²) in [4.78, 5) is 15.1. The van der Waals surface area contributed by atoms with Gasteiger partial charge in [-0.3, -0.25) is 4.79 Å². The van der Waals surface area contributed by atoms with Crippen LogP contribution >= 0.6 is 0 Å². The van der Waals surface area contributed by atoms with Crippen LogP contribution in [-0.4, -0.2) is 31.0 Å². The molecule has 0 saturated heterocycles. The van der Waals surface area contributed by atoms with Crippen molar-refractivity contribution in [3.8, 4) is 5.75 Å². The molecule has 1 rings (SSSR count). The van der Waals surface area contributed by atoms with Gasteiger partial charge in [0.2, 0.25) is 5.91 Å². The van der Waals surface area contributed by atoms with Gasteiger partial charge in [-0.15, -0.1) is 0 Å². The molecule has 2 atom stereocenters. The molecule has 6 heteroatoms. The number of hydrogen-bond acceptors (Lipinski definition) is 4. The maximum atomic E-state index is 13.1. The van der Waals surface area contributed by atoms with E-state index >= 15 is 0 Å². The molecule has 0 saturated carbocycles. The van der Waals surface area contributed by atoms with E-state index in [1.165, 1.54) is 0 Å². The third kappa shape index (κ3) is 7.53. The Labute approximate surface area is 165 Å². The minimum atomic E-state index is -3.56. The monoisotopic (exact) mass is 397 g/mol. The zero-order valence-electron chi connectivity index (χ0n) is 17.4. The molecule has 1 aromatic rings. The van der Waals surface area contributed by atoms with E-state index in [-0.39, 0.29) is 23.6 Å². The third-order valence-electron chi connectivity index (χ3n) is 4.98. The summed E-state index contributed by atoms with van der Waals surface area (Å²) >= 11 is 0. The van der Waals surface area contributed by atoms with Crippen molar-refractivity contribution in [2.24, 2.45) is 5.92 Å². The first kappa shape index (κ1) is 23.5. The molecule has 0 unspecified atom stereocenters. The molecule has 0 aromatic heterocycles. The molecule has 154 valence electrons. The Morgan fingerprint density at radius 3 is 2.41 bits per heavy atom. The molecule has 0 N–H and O–H groups in total. The average molecular weight is 398 g/mol. The summed E-state index contributed by atoms with van der Waals surface area (Å²) in [7, 11) is -3.56. The van der Waals surface area contributed by atoms with Gasteiger partial charge in [-0.1, -0.05) is 45.7 Å². The minimum Gasteiger partial charge on any atom is -0.382 e. The van der Waals surface area contributed by atoms with Crippen molar-refractivity contribution in [1.82, 2.24) is 4.90 Å². The van der Waals surface area contributed by atoms with Gasteiger partial charge in [0.05, 0.1) is 5.75 Å². The van der Waals surface area contributed by atoms with Crippen LogP contribution in [0.15, 0.2) is 24.3 Å². The zero-order valence-corrected chi connectivity index (χ0v) is 18.2. The fraction of sp³-hybridized carbons (Fsp3) is 0.667. The highest BCUT2D eigenvalue weighted by atomic mass is 32.2. The van der Waals surface area contributed by atoms with E-state index < -0.39 is 10.1 Å². The quantitative estimate of drug-likeness (QED) is 0.477. The molecule has 0 aliphatic heterocycles. The predicted octanol–water partition coefficient (Wildman–Crippen LogP) is 4.76. The van der Waals surface area contributed by atoms with Crippen molar-refractivity contribution >= 4 is 16.0 Å². The van der Waals surface area contributed by atoms with E-state index in [4.69, 9.17) is 4.18 Å². The lowest BCUT2D eigenvalue weighted by Gasteiger charge is -2.32. The number of benzene rings is 1. The maximum Gasteiger partial charge on any atom is 0.308 e. The summed E-state index contributed by atoms with van der Waals surface area (Å²) in [5, 5.41) is 0. The van der Waals surface area contributed by atoms with Crippen LogP contribution in [0.25, 0.3) is 0 Å². The van der Waals surface area contributed by atoms with Crippen LogP contribution < -0.4 is 4.18 Å². The van der Waals surface area contributed by atoms with Gasteiger partial charge in [0, 0.05) is 18.5 Å². The van der Waals surface area contributed by atoms with Crippen molar-refractivity contribution in [2.75, 3.05) is 5.75 Å². The molecule has 0 fully saturated rings. The molecule has 0 aliphatic rings. The van der Waals surface area contributed by atoms with Crippen LogP contribution in [0.1, 0.15) is 72.3 Å². The van der Waals surface area contributed by atoms with Crippen LogP contribution in [0.5, 0.6) is 5.75 Å². The SMILES string of the molecule is CCCC[C@@H](CC)C(=O)N(Cc1cccc(OS(=O)(=O)CC)c1)[C@H](C)CC. The average Bonchev–Trinajstić information content (AvgIpc) is 2.65. The van der Waals surface area contributed by atoms with Crippen molar-refractivity contribution in [2.45, 2.75) is 79.3 Å². The van der Waals surface area contributed by atoms with Crippen LogP contribution in [0.4, 0.5) is 0 Å². The van der Waals surface area contributed by atoms with Crippen molar-refractivity contribution in [3.05, 3.63) is 29.8 Å². The first-order chi connectivity index (χ1) is 12.8. The Bertz CT molecular complexity index is 687. The van der Waals surface area contributed by atoms with E-state index in [0.717, 1.165) is 37.7 Å². The van der Waals surface area contributed by atoms with E-state index in [1.54, 1.807) is 25.1 Å². The number of hydrogen-bond donors (Lipinski definition) is 0. The van der Waals surface area contributed by atoms with E-state index in [2.05, 4.69) is 27.7 Å². The highest BCUT2D eigenvalue weighted by Gasteiger charge is 2.26. The highest BCUT2D eigenvalue weighted by Crippen LogP contribution is 2.23. The van der Waals surface area contributed by atoms with E-state index in [0.29, 0.717) is 12.3 Å². The first-order valence-electron chi connectivity index (χ1n) is 10.1. The summed E-state index contributed by atoms with van der Waals surface area (Å²) in [6.45, 7) is 10.3. The molecule has 0 spiro atoms. The van der Waals surface area contributed by atoms with Crippen LogP contribution in [0.2, 0.25) is 0 Å². The lowest BCUT2D eigenvalue weighted by molar-refractivity contribution is -0.138. The Balaban J connectivity index is 3.01. The first-order valence-corrected chi connectivity index (χ1v) is 11.7. The van der Waals surface area contributed by atoms with Crippen molar-refractivity contribution in [3.63, 3.8) is 0 Å². The number of amides is 1. The summed E-state index contributed by atoms with van der Waals surface area (Å²) in [5.41, 5.74) is 0.873. The lowest BCUT2D eigenvalue weighted by atomic mass is 9.96. The standard InChI is InChI=1S/C21H35NO4S/c1-6-10-13-19(8-3)21(23)22(17(5)7-2)16-18-12-11-14-20(15-18)26-27(24,25)9-4/h11-12,14-15,17,19H,6-10,13,16H2,1-5H3/t17-,19-/m1/s1. The largest absolute Gasteiger partial charge is 0.382 e. The molecular formula is C21H35NO4S. The Hall–Kier alpha value is -1.56. The minimum absolute atomic E-state index is 0.0406. The smallest absolute Gasteiger partial charge is 0.308 e. The van der Waals surface area contributed by atoms with Crippen molar-refractivity contribution < 1.29 is 17.4 Å². The summed E-state index contributed by atoms with van der Waals surface area (Å²) in [5.74, 6) is 0.445.